The molecule has 88 heavy (non-hydrogen) atoms. The summed E-state index contributed by atoms with van der Waals surface area (Å²) in [5.74, 6) is -1.13. The first kappa shape index (κ1) is 62.1. The van der Waals surface area contributed by atoms with Crippen molar-refractivity contribution in [3.63, 3.8) is 0 Å². The van der Waals surface area contributed by atoms with Crippen molar-refractivity contribution in [2.75, 3.05) is 28.4 Å². The average Bonchev–Trinajstić information content (AvgIpc) is 2.40. The number of methoxy groups -OCH3 is 4. The van der Waals surface area contributed by atoms with Gasteiger partial charge in [0.15, 0.2) is 0 Å². The van der Waals surface area contributed by atoms with Gasteiger partial charge in [0.2, 0.25) is 0 Å². The van der Waals surface area contributed by atoms with Gasteiger partial charge in [0, 0.05) is 69.8 Å². The number of hydrogen-bond donors (Lipinski definition) is 4. The fraction of sp³-hybridized carbons (Fsp3) is 0.389. The third kappa shape index (κ3) is 12.6. The molecule has 6 aromatic rings. The molecule has 0 unspecified atom stereocenters. The van der Waals surface area contributed by atoms with Gasteiger partial charge in [-0.05, 0) is 258 Å². The number of nitrogens with one attached hydrogen (secondary N) is 4. The number of fused-ring (bicyclic) bond motifs is 16. The van der Waals surface area contributed by atoms with Gasteiger partial charge >= 0.3 is 23.9 Å². The third-order valence-electron chi connectivity index (χ3n) is 18.8. The second-order valence-corrected chi connectivity index (χ2v) is 23.8. The minimum Gasteiger partial charge on any atom is -0.469 e. The number of unbranched alkanes of at least 4 members (excludes halogenated alkanes) is 3. The standard InChI is InChI=1S/C72H82N8O8/c1-37-38(2)54-30-58-43(7)50(22-26-70(82)86-12)66(77-58)36-68-52(24-28-72(84)88-14)46(10)62(80-68)34-64-48(41(5)57(75-64)29-53(37)73-54)20-18-16-15-17-19-47-42(6)60-32-61-45(9)51(23-27-71(83)87-13)67(79-61)35-65-49(21-25-69(81)85-11)44(8)59(78-65)31-55-39(3)40(4)56(74-55)33-63(47)76-60/h29-36,73,78-80H,15-28H2,1-14H3. The number of aromatic nitrogens is 8. The van der Waals surface area contributed by atoms with Crippen LogP contribution in [0, 0.1) is 34.6 Å². The maximum Gasteiger partial charge on any atom is 0.305 e. The number of hydrogen-bond acceptors (Lipinski definition) is 12. The molecule has 4 aliphatic heterocycles. The van der Waals surface area contributed by atoms with Gasteiger partial charge in [-0.25, -0.2) is 19.9 Å². The molecule has 0 saturated carbocycles. The first-order valence-electron chi connectivity index (χ1n) is 30.7. The molecule has 16 nitrogen and oxygen atoms in total. The van der Waals surface area contributed by atoms with Crippen molar-refractivity contribution >= 4 is 113 Å². The lowest BCUT2D eigenvalue weighted by Gasteiger charge is -2.07. The highest BCUT2D eigenvalue weighted by atomic mass is 16.5. The summed E-state index contributed by atoms with van der Waals surface area (Å²) in [6, 6.07) is 17.0. The van der Waals surface area contributed by atoms with Gasteiger partial charge in [-0.1, -0.05) is 12.8 Å². The van der Waals surface area contributed by atoms with Gasteiger partial charge in [0.05, 0.1) is 74.0 Å². The van der Waals surface area contributed by atoms with Crippen molar-refractivity contribution in [2.45, 2.75) is 159 Å². The molecular formula is C72H82N8O8. The van der Waals surface area contributed by atoms with Crippen LogP contribution in [0.25, 0.3) is 88.7 Å². The molecule has 0 amide bonds. The molecule has 0 radical (unpaired) electrons. The second-order valence-electron chi connectivity index (χ2n) is 23.8. The zero-order chi connectivity index (χ0) is 62.8. The molecule has 16 bridgehead atoms. The van der Waals surface area contributed by atoms with Crippen molar-refractivity contribution in [1.29, 1.82) is 0 Å². The fourth-order valence-electron chi connectivity index (χ4n) is 12.8. The highest BCUT2D eigenvalue weighted by Crippen LogP contribution is 2.41. The molecule has 16 heteroatoms. The summed E-state index contributed by atoms with van der Waals surface area (Å²) in [6.07, 6.45) is 8.35. The molecule has 4 N–H and O–H groups in total. The lowest BCUT2D eigenvalue weighted by molar-refractivity contribution is -0.141. The topological polar surface area (TPSA) is 220 Å². The molecule has 0 saturated heterocycles. The predicted molar refractivity (Wildman–Crippen MR) is 351 cm³/mol. The third-order valence-corrected chi connectivity index (χ3v) is 18.8. The Hall–Kier alpha value is -8.92. The van der Waals surface area contributed by atoms with Crippen molar-refractivity contribution in [3.8, 4) is 0 Å². The summed E-state index contributed by atoms with van der Waals surface area (Å²) in [5.41, 5.74) is 31.3. The van der Waals surface area contributed by atoms with Gasteiger partial charge in [0.25, 0.3) is 0 Å². The Labute approximate surface area is 514 Å². The fourth-order valence-corrected chi connectivity index (χ4v) is 12.8. The number of aryl methyl sites for hydroxylation is 8. The van der Waals surface area contributed by atoms with Crippen LogP contribution in [-0.4, -0.2) is 92.2 Å². The maximum absolute atomic E-state index is 12.7. The van der Waals surface area contributed by atoms with E-state index in [0.29, 0.717) is 25.7 Å². The second kappa shape index (κ2) is 26.2. The average molecular weight is 1190 g/mol. The quantitative estimate of drug-likeness (QED) is 0.0338. The summed E-state index contributed by atoms with van der Waals surface area (Å²) < 4.78 is 20.3. The zero-order valence-electron chi connectivity index (χ0n) is 53.6. The van der Waals surface area contributed by atoms with E-state index >= 15 is 0 Å². The number of allylic oxidation sites excluding steroid dienone is 8. The van der Waals surface area contributed by atoms with Crippen LogP contribution in [0.1, 0.15) is 195 Å². The van der Waals surface area contributed by atoms with Crippen LogP contribution >= 0.6 is 0 Å². The van der Waals surface area contributed by atoms with Gasteiger partial charge in [0.1, 0.15) is 0 Å². The van der Waals surface area contributed by atoms with Crippen molar-refractivity contribution < 1.29 is 38.1 Å². The Balaban J connectivity index is 0.981. The molecule has 0 spiro atoms. The minimum absolute atomic E-state index is 0.211. The normalized spacial score (nSPS) is 13.3. The first-order chi connectivity index (χ1) is 42.2. The molecule has 458 valence electrons. The van der Waals surface area contributed by atoms with Crippen LogP contribution in [0.15, 0.2) is 48.5 Å². The van der Waals surface area contributed by atoms with Crippen molar-refractivity contribution in [2.24, 2.45) is 0 Å². The van der Waals surface area contributed by atoms with Crippen molar-refractivity contribution in [1.82, 2.24) is 39.9 Å². The Bertz CT molecular complexity index is 4360. The molecule has 0 atom stereocenters. The summed E-state index contributed by atoms with van der Waals surface area (Å²) in [6.45, 7) is 21.2. The number of aromatic amines is 4. The molecule has 4 aliphatic rings. The number of carbonyl (C=O) groups excluding carboxylic acids is 4. The lowest BCUT2D eigenvalue weighted by Crippen LogP contribution is -2.02. The Morgan fingerprint density at radius 3 is 0.932 bits per heavy atom. The predicted octanol–water partition coefficient (Wildman–Crippen LogP) is 15.5. The van der Waals surface area contributed by atoms with Crippen LogP contribution in [-0.2, 0) is 57.4 Å². The number of esters is 4. The number of nitrogens with zero attached hydrogens (tertiary/aromatic N) is 4. The Morgan fingerprint density at radius 1 is 0.295 bits per heavy atom. The van der Waals surface area contributed by atoms with Crippen LogP contribution in [0.4, 0.5) is 0 Å². The van der Waals surface area contributed by atoms with E-state index in [-0.39, 0.29) is 49.6 Å². The van der Waals surface area contributed by atoms with Crippen LogP contribution in [0.3, 0.4) is 0 Å². The molecule has 6 aromatic heterocycles. The largest absolute Gasteiger partial charge is 0.469 e. The number of H-pyrrole nitrogens is 4. The maximum atomic E-state index is 12.7. The van der Waals surface area contributed by atoms with E-state index in [0.717, 1.165) is 206 Å². The first-order valence-corrected chi connectivity index (χ1v) is 30.7. The summed E-state index contributed by atoms with van der Waals surface area (Å²) in [5, 5.41) is 0. The smallest absolute Gasteiger partial charge is 0.305 e. The molecule has 10 heterocycles. The number of rotatable bonds is 19. The number of ether oxygens (including phenoxy) is 4. The molecule has 0 aromatic carbocycles. The summed E-state index contributed by atoms with van der Waals surface area (Å²) in [4.78, 5) is 86.3. The van der Waals surface area contributed by atoms with Gasteiger partial charge in [-0.15, -0.1) is 0 Å². The Kier molecular flexibility index (Phi) is 18.5. The highest BCUT2D eigenvalue weighted by Gasteiger charge is 2.25. The highest BCUT2D eigenvalue weighted by molar-refractivity contribution is 5.97. The van der Waals surface area contributed by atoms with E-state index < -0.39 is 0 Å². The van der Waals surface area contributed by atoms with E-state index in [1.54, 1.807) is 0 Å². The van der Waals surface area contributed by atoms with E-state index in [4.69, 9.17) is 38.9 Å². The van der Waals surface area contributed by atoms with Gasteiger partial charge in [-0.3, -0.25) is 19.2 Å². The minimum atomic E-state index is -0.287. The van der Waals surface area contributed by atoms with Gasteiger partial charge < -0.3 is 38.9 Å². The van der Waals surface area contributed by atoms with E-state index in [1.807, 2.05) is 0 Å². The van der Waals surface area contributed by atoms with E-state index in [9.17, 15) is 19.2 Å². The van der Waals surface area contributed by atoms with E-state index in [2.05, 4.69) is 138 Å². The van der Waals surface area contributed by atoms with Crippen LogP contribution in [0.2, 0.25) is 0 Å². The number of carbonyl (C=O) groups is 4. The molecule has 0 aliphatic carbocycles. The van der Waals surface area contributed by atoms with Crippen molar-refractivity contribution in [3.05, 3.63) is 139 Å². The monoisotopic (exact) mass is 1190 g/mol. The van der Waals surface area contributed by atoms with Crippen LogP contribution < -0.4 is 0 Å². The summed E-state index contributed by atoms with van der Waals surface area (Å²) >= 11 is 0. The molecule has 10 rings (SSSR count). The lowest BCUT2D eigenvalue weighted by atomic mass is 9.96. The SMILES string of the molecule is COC(=O)CCC1=C(C)c2cc3[nH]c(cc4nc(cc5[nH]c(cc1n2)c(CCC(=O)OC)c5C)C(CCCCCCC1=C(C)c2cc5[nH]c(cc6[nH]c(cc7nc(cc1n2)C(C)=C7C)c(C)c6CCC(=O)OC)c(CCC(=O)OC)c5C)=C4C)c(C)c3C. The van der Waals surface area contributed by atoms with E-state index in [1.165, 1.54) is 39.6 Å². The molecular weight excluding hydrogens is 1100 g/mol. The van der Waals surface area contributed by atoms with Crippen LogP contribution in [0.5, 0.6) is 0 Å². The summed E-state index contributed by atoms with van der Waals surface area (Å²) in [7, 11) is 5.65. The van der Waals surface area contributed by atoms with Gasteiger partial charge in [-0.2, -0.15) is 0 Å². The zero-order valence-corrected chi connectivity index (χ0v) is 53.6. The Morgan fingerprint density at radius 2 is 0.557 bits per heavy atom. The molecule has 0 fully saturated rings.